The smallest absolute Gasteiger partial charge is 0.410 e. The minimum Gasteiger partial charge on any atom is -0.481 e. The first kappa shape index (κ1) is 22.8. The lowest BCUT2D eigenvalue weighted by molar-refractivity contribution is -0.178. The van der Waals surface area contributed by atoms with Crippen molar-refractivity contribution in [3.63, 3.8) is 0 Å². The van der Waals surface area contributed by atoms with Gasteiger partial charge in [-0.15, -0.1) is 0 Å². The molecule has 27 heavy (non-hydrogen) atoms. The van der Waals surface area contributed by atoms with Gasteiger partial charge >= 0.3 is 18.0 Å². The largest absolute Gasteiger partial charge is 0.481 e. The van der Waals surface area contributed by atoms with E-state index in [4.69, 9.17) is 26.2 Å². The molecule has 1 aromatic rings. The summed E-state index contributed by atoms with van der Waals surface area (Å²) in [7, 11) is 0. The second-order valence-corrected chi connectivity index (χ2v) is 7.27. The van der Waals surface area contributed by atoms with Crippen molar-refractivity contribution in [1.29, 1.82) is 0 Å². The van der Waals surface area contributed by atoms with Gasteiger partial charge in [-0.3, -0.25) is 9.59 Å². The Morgan fingerprint density at radius 3 is 2.15 bits per heavy atom. The number of benzene rings is 1. The van der Waals surface area contributed by atoms with Gasteiger partial charge in [0.15, 0.2) is 0 Å². The molecule has 0 spiro atoms. The number of ether oxygens (including phenoxy) is 2. The van der Waals surface area contributed by atoms with Gasteiger partial charge in [-0.1, -0.05) is 51.4 Å². The molecule has 8 heteroatoms. The van der Waals surface area contributed by atoms with E-state index < -0.39 is 30.2 Å². The first-order valence-electron chi connectivity index (χ1n) is 8.72. The van der Waals surface area contributed by atoms with Crippen LogP contribution in [-0.4, -0.2) is 36.0 Å². The lowest BCUT2D eigenvalue weighted by Crippen LogP contribution is -2.37. The maximum absolute atomic E-state index is 12.1. The fourth-order valence-corrected chi connectivity index (χ4v) is 2.28. The molecule has 150 valence electrons. The highest BCUT2D eigenvalue weighted by Crippen LogP contribution is 2.21. The number of carboxylic acids is 1. The molecule has 1 rings (SSSR count). The highest BCUT2D eigenvalue weighted by Gasteiger charge is 2.25. The molecule has 1 aromatic carbocycles. The lowest BCUT2D eigenvalue weighted by Gasteiger charge is -2.23. The van der Waals surface area contributed by atoms with Crippen LogP contribution in [-0.2, 0) is 19.1 Å². The van der Waals surface area contributed by atoms with E-state index in [1.807, 2.05) is 0 Å². The predicted molar refractivity (Wildman–Crippen MR) is 100 cm³/mol. The van der Waals surface area contributed by atoms with Crippen LogP contribution in [0.4, 0.5) is 4.79 Å². The van der Waals surface area contributed by atoms with Crippen LogP contribution in [0.25, 0.3) is 0 Å². The number of carbonyl (C=O) groups excluding carboxylic acids is 2. The summed E-state index contributed by atoms with van der Waals surface area (Å²) in [5, 5.41) is 12.2. The zero-order valence-electron chi connectivity index (χ0n) is 15.9. The number of rotatable bonds is 9. The number of carbonyl (C=O) groups is 3. The van der Waals surface area contributed by atoms with Crippen LogP contribution in [0.1, 0.15) is 45.6 Å². The van der Waals surface area contributed by atoms with Crippen molar-refractivity contribution >= 4 is 29.6 Å². The SMILES string of the molecule is CC(C)C(=O)O[C@@H](OC(=O)NCC(CC(=O)O)c1ccc(Cl)cc1)C(C)C. The van der Waals surface area contributed by atoms with Gasteiger partial charge in [-0.05, 0) is 17.7 Å². The Hall–Kier alpha value is -2.28. The molecule has 0 bridgehead atoms. The average molecular weight is 400 g/mol. The van der Waals surface area contributed by atoms with Crippen molar-refractivity contribution in [3.8, 4) is 0 Å². The van der Waals surface area contributed by atoms with Gasteiger partial charge in [0, 0.05) is 23.4 Å². The lowest BCUT2D eigenvalue weighted by atomic mass is 9.96. The number of hydrogen-bond acceptors (Lipinski definition) is 5. The summed E-state index contributed by atoms with van der Waals surface area (Å²) in [6.07, 6.45) is -1.97. The molecule has 0 aliphatic rings. The van der Waals surface area contributed by atoms with Crippen molar-refractivity contribution in [3.05, 3.63) is 34.9 Å². The average Bonchev–Trinajstić information content (AvgIpc) is 2.58. The summed E-state index contributed by atoms with van der Waals surface area (Å²) in [5.74, 6) is -2.49. The van der Waals surface area contributed by atoms with E-state index in [0.717, 1.165) is 5.56 Å². The molecule has 0 saturated heterocycles. The number of hydrogen-bond donors (Lipinski definition) is 2. The summed E-state index contributed by atoms with van der Waals surface area (Å²) < 4.78 is 10.4. The molecule has 7 nitrogen and oxygen atoms in total. The maximum Gasteiger partial charge on any atom is 0.410 e. The third kappa shape index (κ3) is 8.30. The van der Waals surface area contributed by atoms with Gasteiger partial charge in [-0.25, -0.2) is 4.79 Å². The first-order valence-corrected chi connectivity index (χ1v) is 9.10. The number of halogens is 1. The van der Waals surface area contributed by atoms with E-state index in [1.54, 1.807) is 52.0 Å². The fourth-order valence-electron chi connectivity index (χ4n) is 2.15. The molecule has 0 radical (unpaired) electrons. The van der Waals surface area contributed by atoms with Crippen LogP contribution in [0.15, 0.2) is 24.3 Å². The molecule has 0 heterocycles. The van der Waals surface area contributed by atoms with Gasteiger partial charge in [0.25, 0.3) is 6.29 Å². The number of alkyl carbamates (subject to hydrolysis) is 1. The predicted octanol–water partition coefficient (Wildman–Crippen LogP) is 3.81. The van der Waals surface area contributed by atoms with Gasteiger partial charge in [0.1, 0.15) is 0 Å². The van der Waals surface area contributed by atoms with Crippen LogP contribution in [0.5, 0.6) is 0 Å². The van der Waals surface area contributed by atoms with Crippen molar-refractivity contribution in [2.45, 2.75) is 46.3 Å². The van der Waals surface area contributed by atoms with Crippen molar-refractivity contribution in [2.75, 3.05) is 6.54 Å². The Balaban J connectivity index is 2.70. The van der Waals surface area contributed by atoms with E-state index in [-0.39, 0.29) is 24.8 Å². The van der Waals surface area contributed by atoms with E-state index in [1.165, 1.54) is 0 Å². The zero-order chi connectivity index (χ0) is 20.6. The second kappa shape index (κ2) is 10.8. The van der Waals surface area contributed by atoms with Crippen LogP contribution < -0.4 is 5.32 Å². The summed E-state index contributed by atoms with van der Waals surface area (Å²) in [6, 6.07) is 6.74. The minimum atomic E-state index is -1.02. The molecule has 1 unspecified atom stereocenters. The van der Waals surface area contributed by atoms with Crippen LogP contribution in [0.2, 0.25) is 5.02 Å². The van der Waals surface area contributed by atoms with Crippen molar-refractivity contribution in [2.24, 2.45) is 11.8 Å². The Morgan fingerprint density at radius 2 is 1.67 bits per heavy atom. The number of esters is 1. The molecule has 0 aliphatic carbocycles. The minimum absolute atomic E-state index is 0.0513. The maximum atomic E-state index is 12.1. The monoisotopic (exact) mass is 399 g/mol. The topological polar surface area (TPSA) is 102 Å². The van der Waals surface area contributed by atoms with E-state index >= 15 is 0 Å². The highest BCUT2D eigenvalue weighted by molar-refractivity contribution is 6.30. The van der Waals surface area contributed by atoms with Gasteiger partial charge in [-0.2, -0.15) is 0 Å². The molecule has 0 aromatic heterocycles. The second-order valence-electron chi connectivity index (χ2n) is 6.84. The summed E-state index contributed by atoms with van der Waals surface area (Å²) in [6.45, 7) is 6.93. The first-order chi connectivity index (χ1) is 12.6. The van der Waals surface area contributed by atoms with Crippen LogP contribution in [0, 0.1) is 11.8 Å². The fraction of sp³-hybridized carbons (Fsp3) is 0.526. The van der Waals surface area contributed by atoms with Crippen LogP contribution >= 0.6 is 11.6 Å². The third-order valence-electron chi connectivity index (χ3n) is 3.73. The number of carboxylic acid groups (broad SMARTS) is 1. The summed E-state index contributed by atoms with van der Waals surface area (Å²) in [4.78, 5) is 34.9. The molecule has 0 aliphatic heterocycles. The molecule has 0 saturated carbocycles. The van der Waals surface area contributed by atoms with E-state index in [2.05, 4.69) is 5.32 Å². The van der Waals surface area contributed by atoms with E-state index in [0.29, 0.717) is 5.02 Å². The van der Waals surface area contributed by atoms with Crippen molar-refractivity contribution < 1.29 is 29.0 Å². The number of amides is 1. The van der Waals surface area contributed by atoms with Gasteiger partial charge < -0.3 is 19.9 Å². The highest BCUT2D eigenvalue weighted by atomic mass is 35.5. The summed E-state index contributed by atoms with van der Waals surface area (Å²) >= 11 is 5.85. The molecule has 1 amide bonds. The molecular weight excluding hydrogens is 374 g/mol. The van der Waals surface area contributed by atoms with Crippen molar-refractivity contribution in [1.82, 2.24) is 5.32 Å². The third-order valence-corrected chi connectivity index (χ3v) is 3.98. The standard InChI is InChI=1S/C19H26ClNO6/c1-11(2)17(24)26-18(12(3)4)27-19(25)21-10-14(9-16(22)23)13-5-7-15(20)8-6-13/h5-8,11-12,14,18H,9-10H2,1-4H3,(H,21,25)(H,22,23)/t14?,18-/m0/s1. The Morgan fingerprint density at radius 1 is 1.07 bits per heavy atom. The van der Waals surface area contributed by atoms with E-state index in [9.17, 15) is 14.4 Å². The molecular formula is C19H26ClNO6. The normalized spacial score (nSPS) is 13.1. The summed E-state index contributed by atoms with van der Waals surface area (Å²) in [5.41, 5.74) is 0.730. The Bertz CT molecular complexity index is 644. The van der Waals surface area contributed by atoms with Crippen LogP contribution in [0.3, 0.4) is 0 Å². The van der Waals surface area contributed by atoms with Gasteiger partial charge in [0.2, 0.25) is 0 Å². The molecule has 2 atom stereocenters. The number of nitrogens with one attached hydrogen (secondary N) is 1. The quantitative estimate of drug-likeness (QED) is 0.483. The Labute approximate surface area is 164 Å². The van der Waals surface area contributed by atoms with Gasteiger partial charge in [0.05, 0.1) is 12.3 Å². The zero-order valence-corrected chi connectivity index (χ0v) is 16.7. The molecule has 2 N–H and O–H groups in total. The Kier molecular flexibility index (Phi) is 9.08. The number of aliphatic carboxylic acids is 1. The molecule has 0 fully saturated rings.